The molecule has 0 saturated heterocycles. The maximum absolute atomic E-state index is 12.8. The molecule has 0 spiro atoms. The van der Waals surface area contributed by atoms with Crippen LogP contribution in [0.4, 0.5) is 18.9 Å². The van der Waals surface area contributed by atoms with Crippen LogP contribution >= 0.6 is 0 Å². The number of hydrogen-bond donors (Lipinski definition) is 1. The Labute approximate surface area is 147 Å². The lowest BCUT2D eigenvalue weighted by Crippen LogP contribution is -2.27. The van der Waals surface area contributed by atoms with Crippen LogP contribution in [0.25, 0.3) is 10.9 Å². The first kappa shape index (κ1) is 19.5. The van der Waals surface area contributed by atoms with Gasteiger partial charge in [0.1, 0.15) is 0 Å². The van der Waals surface area contributed by atoms with Crippen LogP contribution in [-0.2, 0) is 6.18 Å². The van der Waals surface area contributed by atoms with Gasteiger partial charge in [-0.25, -0.2) is 0 Å². The first-order valence-electron chi connectivity index (χ1n) is 8.88. The average Bonchev–Trinajstić information content (AvgIpc) is 2.57. The highest BCUT2D eigenvalue weighted by atomic mass is 19.4. The van der Waals surface area contributed by atoms with Gasteiger partial charge in [-0.2, -0.15) is 13.2 Å². The fourth-order valence-corrected chi connectivity index (χ4v) is 2.97. The second-order valence-electron chi connectivity index (χ2n) is 6.21. The van der Waals surface area contributed by atoms with E-state index >= 15 is 0 Å². The largest absolute Gasteiger partial charge is 0.416 e. The minimum Gasteiger partial charge on any atom is -0.384 e. The Morgan fingerprint density at radius 1 is 1.04 bits per heavy atom. The summed E-state index contributed by atoms with van der Waals surface area (Å²) in [5, 5.41) is 4.05. The number of hydrogen-bond acceptors (Lipinski definition) is 3. The van der Waals surface area contributed by atoms with Gasteiger partial charge in [-0.15, -0.1) is 0 Å². The smallest absolute Gasteiger partial charge is 0.384 e. The number of halogens is 3. The molecule has 0 aliphatic heterocycles. The van der Waals surface area contributed by atoms with E-state index in [0.717, 1.165) is 68.6 Å². The summed E-state index contributed by atoms with van der Waals surface area (Å²) < 4.78 is 38.5. The Hall–Kier alpha value is -1.82. The second kappa shape index (κ2) is 9.04. The van der Waals surface area contributed by atoms with Crippen LogP contribution in [0.2, 0.25) is 0 Å². The van der Waals surface area contributed by atoms with Gasteiger partial charge in [0.2, 0.25) is 0 Å². The molecule has 1 N–H and O–H groups in total. The predicted molar refractivity (Wildman–Crippen MR) is 96.9 cm³/mol. The summed E-state index contributed by atoms with van der Waals surface area (Å²) in [6.07, 6.45) is 0.477. The molecule has 0 aliphatic rings. The summed E-state index contributed by atoms with van der Waals surface area (Å²) in [6.45, 7) is 8.37. The second-order valence-corrected chi connectivity index (χ2v) is 6.21. The van der Waals surface area contributed by atoms with Crippen LogP contribution in [0.5, 0.6) is 0 Å². The van der Waals surface area contributed by atoms with E-state index in [0.29, 0.717) is 5.52 Å². The lowest BCUT2D eigenvalue weighted by molar-refractivity contribution is -0.137. The number of nitrogens with one attached hydrogen (secondary N) is 1. The highest BCUT2D eigenvalue weighted by Crippen LogP contribution is 2.32. The Bertz CT molecular complexity index is 665. The third kappa shape index (κ3) is 5.59. The van der Waals surface area contributed by atoms with Crippen LogP contribution in [0.3, 0.4) is 0 Å². The predicted octanol–water partition coefficient (Wildman–Crippen LogP) is 5.18. The highest BCUT2D eigenvalue weighted by Gasteiger charge is 2.30. The summed E-state index contributed by atoms with van der Waals surface area (Å²) in [7, 11) is 0. The zero-order chi connectivity index (χ0) is 18.3. The first-order chi connectivity index (χ1) is 12.0. The zero-order valence-electron chi connectivity index (χ0n) is 14.9. The van der Waals surface area contributed by atoms with Gasteiger partial charge in [0.25, 0.3) is 0 Å². The molecule has 3 nitrogen and oxygen atoms in total. The van der Waals surface area contributed by atoms with Gasteiger partial charge in [0.05, 0.1) is 11.1 Å². The van der Waals surface area contributed by atoms with Crippen molar-refractivity contribution in [3.63, 3.8) is 0 Å². The van der Waals surface area contributed by atoms with Crippen molar-refractivity contribution in [3.05, 3.63) is 36.0 Å². The fourth-order valence-electron chi connectivity index (χ4n) is 2.97. The van der Waals surface area contributed by atoms with Crippen molar-refractivity contribution in [2.75, 3.05) is 31.5 Å². The van der Waals surface area contributed by atoms with Crippen molar-refractivity contribution in [3.8, 4) is 0 Å². The summed E-state index contributed by atoms with van der Waals surface area (Å²) >= 11 is 0. The van der Waals surface area contributed by atoms with Crippen molar-refractivity contribution >= 4 is 16.6 Å². The van der Waals surface area contributed by atoms with Crippen LogP contribution in [-0.4, -0.2) is 36.1 Å². The lowest BCUT2D eigenvalue weighted by atomic mass is 10.1. The monoisotopic (exact) mass is 353 g/mol. The molecule has 0 unspecified atom stereocenters. The van der Waals surface area contributed by atoms with Gasteiger partial charge in [-0.3, -0.25) is 4.98 Å². The molecule has 2 aromatic rings. The van der Waals surface area contributed by atoms with Crippen LogP contribution in [0.1, 0.15) is 38.7 Å². The number of nitrogens with zero attached hydrogens (tertiary/aromatic N) is 2. The van der Waals surface area contributed by atoms with Gasteiger partial charge in [-0.1, -0.05) is 19.9 Å². The molecule has 0 saturated carbocycles. The molecule has 1 aromatic carbocycles. The number of aromatic nitrogens is 1. The van der Waals surface area contributed by atoms with Crippen LogP contribution in [0.15, 0.2) is 30.5 Å². The SMILES string of the molecule is CCCN(CCC)CCCNc1ccnc2cc(C(F)(F)F)ccc12. The molecule has 0 atom stereocenters. The zero-order valence-corrected chi connectivity index (χ0v) is 14.9. The van der Waals surface area contributed by atoms with Crippen LogP contribution < -0.4 is 5.32 Å². The van der Waals surface area contributed by atoms with Crippen molar-refractivity contribution in [1.29, 1.82) is 0 Å². The van der Waals surface area contributed by atoms with Crippen molar-refractivity contribution in [2.45, 2.75) is 39.3 Å². The molecule has 25 heavy (non-hydrogen) atoms. The van der Waals surface area contributed by atoms with Crippen molar-refractivity contribution in [2.24, 2.45) is 0 Å². The summed E-state index contributed by atoms with van der Waals surface area (Å²) in [5.74, 6) is 0. The van der Waals surface area contributed by atoms with E-state index < -0.39 is 11.7 Å². The Balaban J connectivity index is 1.99. The first-order valence-corrected chi connectivity index (χ1v) is 8.88. The molecule has 1 heterocycles. The maximum Gasteiger partial charge on any atom is 0.416 e. The van der Waals surface area contributed by atoms with Gasteiger partial charge in [-0.05, 0) is 57.1 Å². The maximum atomic E-state index is 12.8. The number of pyridine rings is 1. The van der Waals surface area contributed by atoms with Crippen molar-refractivity contribution < 1.29 is 13.2 Å². The van der Waals surface area contributed by atoms with E-state index in [1.807, 2.05) is 6.07 Å². The van der Waals surface area contributed by atoms with E-state index in [9.17, 15) is 13.2 Å². The van der Waals surface area contributed by atoms with Gasteiger partial charge in [0, 0.05) is 23.8 Å². The highest BCUT2D eigenvalue weighted by molar-refractivity contribution is 5.91. The van der Waals surface area contributed by atoms with E-state index in [1.54, 1.807) is 6.20 Å². The number of benzene rings is 1. The van der Waals surface area contributed by atoms with Gasteiger partial charge < -0.3 is 10.2 Å². The summed E-state index contributed by atoms with van der Waals surface area (Å²) in [4.78, 5) is 6.52. The summed E-state index contributed by atoms with van der Waals surface area (Å²) in [5.41, 5.74) is 0.522. The minimum atomic E-state index is -4.35. The Kier molecular flexibility index (Phi) is 7.05. The molecule has 0 aliphatic carbocycles. The molecule has 1 aromatic heterocycles. The topological polar surface area (TPSA) is 28.2 Å². The number of alkyl halides is 3. The molecule has 0 radical (unpaired) electrons. The quantitative estimate of drug-likeness (QED) is 0.630. The number of fused-ring (bicyclic) bond motifs is 1. The third-order valence-electron chi connectivity index (χ3n) is 4.12. The van der Waals surface area contributed by atoms with Crippen LogP contribution in [0, 0.1) is 0 Å². The lowest BCUT2D eigenvalue weighted by Gasteiger charge is -2.21. The fraction of sp³-hybridized carbons (Fsp3) is 0.526. The molecule has 0 amide bonds. The standard InChI is InChI=1S/C19H26F3N3/c1-3-11-25(12-4-2)13-5-9-23-17-8-10-24-18-14-15(19(20,21)22)6-7-16(17)18/h6-8,10,14H,3-5,9,11-13H2,1-2H3,(H,23,24). The summed E-state index contributed by atoms with van der Waals surface area (Å²) in [6, 6.07) is 5.52. The van der Waals surface area contributed by atoms with Gasteiger partial charge in [0.15, 0.2) is 0 Å². The normalized spacial score (nSPS) is 12.1. The molecular weight excluding hydrogens is 327 g/mol. The van der Waals surface area contributed by atoms with E-state index in [2.05, 4.69) is 29.0 Å². The Morgan fingerprint density at radius 2 is 1.76 bits per heavy atom. The van der Waals surface area contributed by atoms with Gasteiger partial charge >= 0.3 is 6.18 Å². The average molecular weight is 353 g/mol. The van der Waals surface area contributed by atoms with E-state index in [4.69, 9.17) is 0 Å². The molecular formula is C19H26F3N3. The number of rotatable bonds is 9. The molecule has 0 bridgehead atoms. The Morgan fingerprint density at radius 3 is 2.40 bits per heavy atom. The molecule has 138 valence electrons. The van der Waals surface area contributed by atoms with Crippen molar-refractivity contribution in [1.82, 2.24) is 9.88 Å². The van der Waals surface area contributed by atoms with E-state index in [-0.39, 0.29) is 0 Å². The molecule has 0 fully saturated rings. The minimum absolute atomic E-state index is 0.360. The molecule has 6 heteroatoms. The third-order valence-corrected chi connectivity index (χ3v) is 4.12. The number of anilines is 1. The van der Waals surface area contributed by atoms with E-state index in [1.165, 1.54) is 6.07 Å². The molecule has 2 rings (SSSR count).